The number of amides is 2. The average molecular weight is 1900 g/mol. The molecule has 10 atom stereocenters. The maximum absolute atomic E-state index is 11.0. The topological polar surface area (TPSA) is 907 Å². The fourth-order valence-corrected chi connectivity index (χ4v) is 7.84. The van der Waals surface area contributed by atoms with E-state index in [1.54, 1.807) is 34.6 Å². The number of aliphatic carboxylic acids is 10. The lowest BCUT2D eigenvalue weighted by molar-refractivity contribution is -0.146. The highest BCUT2D eigenvalue weighted by Crippen LogP contribution is 2.13. The molecule has 0 fully saturated rings. The number of ether oxygens (including phenoxy) is 3. The molecule has 51 heteroatoms. The third-order valence-electron chi connectivity index (χ3n) is 13.5. The van der Waals surface area contributed by atoms with Crippen molar-refractivity contribution in [2.24, 2.45) is 57.3 Å². The van der Waals surface area contributed by atoms with E-state index in [1.165, 1.54) is 20.8 Å². The fraction of sp³-hybridized carbons (Fsp3) is 0.500. The van der Waals surface area contributed by atoms with E-state index in [9.17, 15) is 110 Å². The Morgan fingerprint density at radius 3 is 0.930 bits per heavy atom. The standard InChI is InChI=1S/C9H15NO4.C9H15NO3S.C8H11NO5.C8H13NO4.C8H13NO3S.C8H13NO3.C7H12N2O4.C7H12N2O3.C7H11NO4.C7H11NO3S/c2*1-6(2)9(13)14-5-3-4-7(10)8(11)12;1-4(10)7(12)6(11)3-2-5(9)8(13)14;2*1-5(2)8(12)13-4-3-6(9)7(10)11;1-5(2)7(10)4-3-6(9)8(11)12;1-4(10)6(11)9-3-2-5(8)7(12)13;1-4(2)6(10)9-3-5(8)7(11)12;2*1-4(2)7(11)12-3-5(8)6(9)10/h2*7H,1,3-5,10H2,2H3,(H,11,12);5H,2-3,9H2,1H3,(H,13,14);2*6H,1,3-4,9H2,2H3,(H,10,11);6H,1,3-4,9H2,2H3,(H,11,12);5H,2-3,8H2,1H3,(H,9,11)(H,12,13);5H,1,3,8H2,2H3,(H,9,10)(H,11,12);2*5H,1,3,8H2,2H3,(H,9,10). The van der Waals surface area contributed by atoms with Crippen LogP contribution in [0.15, 0.2) is 97.2 Å². The first-order valence-corrected chi connectivity index (χ1v) is 40.1. The Balaban J connectivity index is -0.000000153. The molecule has 732 valence electrons. The summed E-state index contributed by atoms with van der Waals surface area (Å²) in [5.41, 5.74) is 54.6. The van der Waals surface area contributed by atoms with Crippen molar-refractivity contribution >= 4 is 169 Å². The highest BCUT2D eigenvalue weighted by molar-refractivity contribution is 8.14. The van der Waals surface area contributed by atoms with Crippen molar-refractivity contribution in [1.29, 1.82) is 0 Å². The Bertz CT molecular complexity index is 3560. The summed E-state index contributed by atoms with van der Waals surface area (Å²) >= 11 is 3.08. The van der Waals surface area contributed by atoms with E-state index in [4.69, 9.17) is 113 Å². The Morgan fingerprint density at radius 2 is 0.597 bits per heavy atom. The number of Topliss-reactive ketones (excluding diaryl/α,β-unsaturated/α-hetero) is 5. The molecule has 48 nitrogen and oxygen atoms in total. The van der Waals surface area contributed by atoms with Gasteiger partial charge in [-0.15, -0.1) is 0 Å². The first-order chi connectivity index (χ1) is 58.9. The van der Waals surface area contributed by atoms with Gasteiger partial charge < -0.3 is 133 Å². The number of nitrogens with two attached hydrogens (primary N) is 10. The summed E-state index contributed by atoms with van der Waals surface area (Å²) in [6, 6.07) is -9.95. The number of allylic oxidation sites excluding steroid dienone is 1. The van der Waals surface area contributed by atoms with Crippen molar-refractivity contribution in [3.63, 3.8) is 0 Å². The van der Waals surface area contributed by atoms with Crippen LogP contribution in [0, 0.1) is 0 Å². The normalized spacial score (nSPS) is 12.0. The van der Waals surface area contributed by atoms with Gasteiger partial charge in [-0.2, -0.15) is 0 Å². The molecule has 0 spiro atoms. The van der Waals surface area contributed by atoms with Gasteiger partial charge in [0.1, 0.15) is 67.0 Å². The molecule has 0 radical (unpaired) electrons. The van der Waals surface area contributed by atoms with Crippen molar-refractivity contribution in [2.45, 2.75) is 200 Å². The lowest BCUT2D eigenvalue weighted by atomic mass is 10.1. The van der Waals surface area contributed by atoms with Gasteiger partial charge in [0.05, 0.1) is 13.2 Å². The van der Waals surface area contributed by atoms with Crippen LogP contribution in [0.1, 0.15) is 140 Å². The van der Waals surface area contributed by atoms with Gasteiger partial charge in [-0.3, -0.25) is 95.9 Å². The quantitative estimate of drug-likeness (QED) is 0.00815. The molecule has 32 N–H and O–H groups in total. The number of carboxylic acid groups (broad SMARTS) is 10. The molecule has 0 aliphatic heterocycles. The van der Waals surface area contributed by atoms with Crippen molar-refractivity contribution in [1.82, 2.24) is 10.6 Å². The zero-order chi connectivity index (χ0) is 104. The average Bonchev–Trinajstić information content (AvgIpc) is 0.898. The summed E-state index contributed by atoms with van der Waals surface area (Å²) in [4.78, 5) is 242. The molecule has 0 saturated carbocycles. The number of esters is 3. The van der Waals surface area contributed by atoms with E-state index in [0.29, 0.717) is 77.0 Å². The third kappa shape index (κ3) is 90.6. The first-order valence-electron chi connectivity index (χ1n) is 37.2. The number of ketones is 5. The number of rotatable bonds is 50. The van der Waals surface area contributed by atoms with Gasteiger partial charge in [0.2, 0.25) is 38.6 Å². The number of carbonyl (C=O) groups is 23. The molecule has 129 heavy (non-hydrogen) atoms. The molecule has 0 heterocycles. The first kappa shape index (κ1) is 137. The second-order valence-corrected chi connectivity index (χ2v) is 29.5. The Kier molecular flexibility index (Phi) is 85.8. The zero-order valence-electron chi connectivity index (χ0n) is 73.5. The van der Waals surface area contributed by atoms with Gasteiger partial charge in [0.15, 0.2) is 5.78 Å². The molecular weight excluding hydrogens is 1780 g/mol. The van der Waals surface area contributed by atoms with Gasteiger partial charge >= 0.3 is 77.6 Å². The highest BCUT2D eigenvalue weighted by atomic mass is 32.2. The Hall–Kier alpha value is -12.0. The number of carbonyl (C=O) groups excluding carboxylic acids is 13. The van der Waals surface area contributed by atoms with Crippen LogP contribution in [-0.2, 0) is 124 Å². The van der Waals surface area contributed by atoms with Crippen LogP contribution in [0.3, 0.4) is 0 Å². The minimum Gasteiger partial charge on any atom is -0.480 e. The monoisotopic (exact) mass is 1900 g/mol. The van der Waals surface area contributed by atoms with Crippen molar-refractivity contribution in [3.05, 3.63) is 97.2 Å². The predicted molar refractivity (Wildman–Crippen MR) is 473 cm³/mol. The lowest BCUT2D eigenvalue weighted by Gasteiger charge is -2.07. The fourth-order valence-electron chi connectivity index (χ4n) is 5.57. The molecule has 0 aromatic rings. The summed E-state index contributed by atoms with van der Waals surface area (Å²) in [6.07, 6.45) is 2.11. The van der Waals surface area contributed by atoms with E-state index < -0.39 is 167 Å². The summed E-state index contributed by atoms with van der Waals surface area (Å²) in [7, 11) is 0. The van der Waals surface area contributed by atoms with Crippen LogP contribution >= 0.6 is 35.3 Å². The number of hydrogen-bond acceptors (Lipinski definition) is 39. The maximum atomic E-state index is 11.0. The van der Waals surface area contributed by atoms with Crippen molar-refractivity contribution < 1.29 is 176 Å². The van der Waals surface area contributed by atoms with Crippen LogP contribution in [0.25, 0.3) is 0 Å². The number of nitrogens with one attached hydrogen (secondary N) is 2. The van der Waals surface area contributed by atoms with Gasteiger partial charge in [0.25, 0.3) is 11.7 Å². The third-order valence-corrected chi connectivity index (χ3v) is 16.8. The largest absolute Gasteiger partial charge is 0.480 e. The number of thioether (sulfide) groups is 3. The van der Waals surface area contributed by atoms with Crippen LogP contribution in [0.5, 0.6) is 0 Å². The minimum absolute atomic E-state index is 0.000833. The molecule has 10 unspecified atom stereocenters. The van der Waals surface area contributed by atoms with Gasteiger partial charge in [-0.1, -0.05) is 87.9 Å². The highest BCUT2D eigenvalue weighted by Gasteiger charge is 2.23. The summed E-state index contributed by atoms with van der Waals surface area (Å²) in [5.74, 6) is -16.3. The molecule has 0 aromatic carbocycles. The second-order valence-electron chi connectivity index (χ2n) is 26.4. The SMILES string of the molecule is C=C(C)C(=O)CCC(N)C(=O)O.C=C(C)C(=O)NCC(N)C(=O)O.C=C(C)C(=O)OCC(N)C(=O)O.C=C(C)C(=O)OCCC(N)C(=O)O.C=C(C)C(=O)OCCCC(N)C(=O)O.C=C(C)C(=O)SCC(N)C(=O)O.C=C(C)C(=O)SCCC(N)C(=O)O.C=C(C)C(=O)SCCCC(N)C(=O)O.CC(=O)C(=O)C(=O)CCC(N)C(=O)O.CC(=O)C(=O)NCCC(N)C(=O)O. The van der Waals surface area contributed by atoms with Crippen LogP contribution in [0.4, 0.5) is 0 Å². The lowest BCUT2D eigenvalue weighted by Crippen LogP contribution is -2.42. The van der Waals surface area contributed by atoms with Crippen LogP contribution in [0.2, 0.25) is 0 Å². The summed E-state index contributed by atoms with van der Waals surface area (Å²) in [5, 5.41) is 87.9. The molecule has 0 aliphatic carbocycles. The zero-order valence-corrected chi connectivity index (χ0v) is 75.9. The van der Waals surface area contributed by atoms with E-state index >= 15 is 0 Å². The predicted octanol–water partition coefficient (Wildman–Crippen LogP) is -1.59. The van der Waals surface area contributed by atoms with Crippen molar-refractivity contribution in [2.75, 3.05) is 50.2 Å². The number of carboxylic acids is 10. The van der Waals surface area contributed by atoms with Crippen LogP contribution in [-0.4, -0.2) is 295 Å². The number of hydrogen-bond donors (Lipinski definition) is 22. The molecule has 0 bridgehead atoms. The molecule has 0 aromatic heterocycles. The molecule has 0 aliphatic rings. The van der Waals surface area contributed by atoms with E-state index in [0.717, 1.165) is 49.1 Å². The van der Waals surface area contributed by atoms with Gasteiger partial charge in [-0.05, 0) is 129 Å². The van der Waals surface area contributed by atoms with Crippen molar-refractivity contribution in [3.8, 4) is 0 Å². The molecule has 0 rings (SSSR count). The smallest absolute Gasteiger partial charge is 0.333 e. The van der Waals surface area contributed by atoms with E-state index in [1.807, 2.05) is 0 Å². The Labute approximate surface area is 756 Å². The molecule has 2 amide bonds. The van der Waals surface area contributed by atoms with Gasteiger partial charge in [-0.25, -0.2) is 14.4 Å². The minimum atomic E-state index is -1.24. The van der Waals surface area contributed by atoms with E-state index in [2.05, 4.69) is 72.7 Å². The van der Waals surface area contributed by atoms with Gasteiger partial charge in [0, 0.05) is 85.8 Å². The molecular formula is C78H126N12O36S3. The Morgan fingerprint density at radius 1 is 0.287 bits per heavy atom. The second kappa shape index (κ2) is 80.5. The molecule has 0 saturated heterocycles. The summed E-state index contributed by atoms with van der Waals surface area (Å²) in [6.45, 7) is 41.7. The van der Waals surface area contributed by atoms with Crippen LogP contribution < -0.4 is 68.0 Å². The maximum Gasteiger partial charge on any atom is 0.333 e. The summed E-state index contributed by atoms with van der Waals surface area (Å²) < 4.78 is 13.9. The van der Waals surface area contributed by atoms with E-state index in [-0.39, 0.29) is 115 Å².